The topological polar surface area (TPSA) is 67.2 Å². The maximum Gasteiger partial charge on any atom is 0.253 e. The number of aromatic nitrogens is 4. The lowest BCUT2D eigenvalue weighted by atomic mass is 10.1. The molecule has 6 rings (SSSR count). The van der Waals surface area contributed by atoms with E-state index in [-0.39, 0.29) is 5.91 Å². The third-order valence-electron chi connectivity index (χ3n) is 5.84. The van der Waals surface area contributed by atoms with Gasteiger partial charge in [0.2, 0.25) is 0 Å². The molecular weight excluding hydrogens is 420 g/mol. The molecule has 1 fully saturated rings. The number of rotatable bonds is 3. The Kier molecular flexibility index (Phi) is 4.57. The molecule has 8 heteroatoms. The molecule has 3 aromatic heterocycles. The zero-order valence-corrected chi connectivity index (χ0v) is 18.1. The summed E-state index contributed by atoms with van der Waals surface area (Å²) in [5.41, 5.74) is 4.62. The lowest BCUT2D eigenvalue weighted by Gasteiger charge is -2.34. The monoisotopic (exact) mass is 440 g/mol. The van der Waals surface area contributed by atoms with E-state index in [9.17, 15) is 4.79 Å². The second-order valence-electron chi connectivity index (χ2n) is 7.75. The van der Waals surface area contributed by atoms with Crippen molar-refractivity contribution in [2.75, 3.05) is 31.1 Å². The SMILES string of the molecule is O=C(c1ccc(-n2cnc3ccccc32)cc1)N1CCN(c2nc3cccnc3s2)CC1. The van der Waals surface area contributed by atoms with Gasteiger partial charge in [-0.25, -0.2) is 15.0 Å². The molecule has 1 amide bonds. The summed E-state index contributed by atoms with van der Waals surface area (Å²) in [7, 11) is 0. The highest BCUT2D eigenvalue weighted by molar-refractivity contribution is 7.21. The van der Waals surface area contributed by atoms with E-state index in [0.717, 1.165) is 45.3 Å². The summed E-state index contributed by atoms with van der Waals surface area (Å²) in [6, 6.07) is 19.7. The number of carbonyl (C=O) groups excluding carboxylic acids is 1. The van der Waals surface area contributed by atoms with E-state index >= 15 is 0 Å². The minimum absolute atomic E-state index is 0.0673. The molecule has 0 atom stereocenters. The maximum atomic E-state index is 13.1. The molecule has 0 unspecified atom stereocenters. The van der Waals surface area contributed by atoms with Gasteiger partial charge in [-0.15, -0.1) is 0 Å². The molecule has 5 aromatic rings. The molecule has 2 aromatic carbocycles. The Hall–Kier alpha value is -3.78. The molecule has 0 saturated carbocycles. The maximum absolute atomic E-state index is 13.1. The molecule has 0 bridgehead atoms. The lowest BCUT2D eigenvalue weighted by Crippen LogP contribution is -2.48. The standard InChI is InChI=1S/C24H20N6OS/c31-23(17-7-9-18(10-8-17)30-16-26-19-4-1-2-6-21(19)30)28-12-14-29(15-13-28)24-27-20-5-3-11-25-22(20)32-24/h1-11,16H,12-15H2. The van der Waals surface area contributed by atoms with Gasteiger partial charge in [-0.3, -0.25) is 9.36 Å². The fraction of sp³-hybridized carbons (Fsp3) is 0.167. The number of carbonyl (C=O) groups is 1. The quantitative estimate of drug-likeness (QED) is 0.424. The lowest BCUT2D eigenvalue weighted by molar-refractivity contribution is 0.0747. The van der Waals surface area contributed by atoms with Gasteiger partial charge in [-0.1, -0.05) is 23.5 Å². The van der Waals surface area contributed by atoms with Crippen molar-refractivity contribution < 1.29 is 4.79 Å². The van der Waals surface area contributed by atoms with Gasteiger partial charge < -0.3 is 9.80 Å². The van der Waals surface area contributed by atoms with Crippen molar-refractivity contribution >= 4 is 43.8 Å². The summed E-state index contributed by atoms with van der Waals surface area (Å²) in [4.78, 5) is 31.7. The van der Waals surface area contributed by atoms with Gasteiger partial charge in [-0.2, -0.15) is 0 Å². The van der Waals surface area contributed by atoms with Crippen LogP contribution in [-0.2, 0) is 0 Å². The van der Waals surface area contributed by atoms with Crippen LogP contribution in [0.2, 0.25) is 0 Å². The van der Waals surface area contributed by atoms with Gasteiger partial charge in [0.05, 0.1) is 11.0 Å². The third kappa shape index (κ3) is 3.29. The van der Waals surface area contributed by atoms with E-state index in [1.54, 1.807) is 17.5 Å². The van der Waals surface area contributed by atoms with Crippen LogP contribution in [0.5, 0.6) is 0 Å². The van der Waals surface area contributed by atoms with Crippen molar-refractivity contribution in [2.45, 2.75) is 0 Å². The predicted molar refractivity (Wildman–Crippen MR) is 127 cm³/mol. The molecule has 1 aliphatic rings. The Labute approximate surface area is 188 Å². The van der Waals surface area contributed by atoms with Crippen molar-refractivity contribution in [1.82, 2.24) is 24.4 Å². The van der Waals surface area contributed by atoms with Crippen LogP contribution >= 0.6 is 11.3 Å². The molecule has 0 aliphatic carbocycles. The fourth-order valence-electron chi connectivity index (χ4n) is 4.11. The molecule has 4 heterocycles. The number of nitrogens with zero attached hydrogens (tertiary/aromatic N) is 6. The first-order chi connectivity index (χ1) is 15.8. The number of fused-ring (bicyclic) bond motifs is 2. The van der Waals surface area contributed by atoms with Crippen molar-refractivity contribution in [1.29, 1.82) is 0 Å². The van der Waals surface area contributed by atoms with Crippen molar-refractivity contribution in [3.05, 3.63) is 78.8 Å². The molecular formula is C24H20N6OS. The number of pyridine rings is 1. The normalized spacial score (nSPS) is 14.4. The molecule has 32 heavy (non-hydrogen) atoms. The summed E-state index contributed by atoms with van der Waals surface area (Å²) < 4.78 is 2.04. The predicted octanol–water partition coefficient (Wildman–Crippen LogP) is 3.99. The number of hydrogen-bond acceptors (Lipinski definition) is 6. The van der Waals surface area contributed by atoms with E-state index in [2.05, 4.69) is 14.9 Å². The van der Waals surface area contributed by atoms with Crippen LogP contribution in [0.4, 0.5) is 5.13 Å². The highest BCUT2D eigenvalue weighted by Gasteiger charge is 2.24. The molecule has 1 aliphatic heterocycles. The number of amides is 1. The summed E-state index contributed by atoms with van der Waals surface area (Å²) >= 11 is 1.60. The largest absolute Gasteiger partial charge is 0.344 e. The molecule has 158 valence electrons. The van der Waals surface area contributed by atoms with Crippen LogP contribution in [0.3, 0.4) is 0 Å². The Balaban J connectivity index is 1.15. The summed E-state index contributed by atoms with van der Waals surface area (Å²) in [6.07, 6.45) is 3.61. The van der Waals surface area contributed by atoms with Crippen molar-refractivity contribution in [3.8, 4) is 5.69 Å². The van der Waals surface area contributed by atoms with Gasteiger partial charge in [0.1, 0.15) is 16.7 Å². The first kappa shape index (κ1) is 18.9. The molecule has 0 spiro atoms. The number of anilines is 1. The first-order valence-electron chi connectivity index (χ1n) is 10.5. The van der Waals surface area contributed by atoms with E-state index in [1.807, 2.05) is 76.5 Å². The molecule has 0 N–H and O–H groups in total. The van der Waals surface area contributed by atoms with Gasteiger partial charge in [0.25, 0.3) is 5.91 Å². The van der Waals surface area contributed by atoms with Crippen LogP contribution in [0.25, 0.3) is 27.1 Å². The fourth-order valence-corrected chi connectivity index (χ4v) is 5.07. The van der Waals surface area contributed by atoms with Gasteiger partial charge in [-0.05, 0) is 48.5 Å². The van der Waals surface area contributed by atoms with Crippen LogP contribution in [0.1, 0.15) is 10.4 Å². The number of para-hydroxylation sites is 2. The van der Waals surface area contributed by atoms with E-state index in [0.29, 0.717) is 18.7 Å². The van der Waals surface area contributed by atoms with Crippen molar-refractivity contribution in [2.24, 2.45) is 0 Å². The van der Waals surface area contributed by atoms with Crippen LogP contribution in [-0.4, -0.2) is 56.5 Å². The average molecular weight is 441 g/mol. The minimum Gasteiger partial charge on any atom is -0.344 e. The van der Waals surface area contributed by atoms with E-state index < -0.39 is 0 Å². The van der Waals surface area contributed by atoms with Gasteiger partial charge >= 0.3 is 0 Å². The van der Waals surface area contributed by atoms with E-state index in [4.69, 9.17) is 4.98 Å². The highest BCUT2D eigenvalue weighted by atomic mass is 32.1. The molecule has 1 saturated heterocycles. The average Bonchev–Trinajstić information content (AvgIpc) is 3.48. The molecule has 0 radical (unpaired) electrons. The number of piperazine rings is 1. The smallest absolute Gasteiger partial charge is 0.253 e. The minimum atomic E-state index is 0.0673. The van der Waals surface area contributed by atoms with Crippen LogP contribution in [0, 0.1) is 0 Å². The molecule has 7 nitrogen and oxygen atoms in total. The summed E-state index contributed by atoms with van der Waals surface area (Å²) in [5, 5.41) is 0.975. The second-order valence-corrected chi connectivity index (χ2v) is 8.71. The summed E-state index contributed by atoms with van der Waals surface area (Å²) in [6.45, 7) is 2.89. The zero-order chi connectivity index (χ0) is 21.5. The summed E-state index contributed by atoms with van der Waals surface area (Å²) in [5.74, 6) is 0.0673. The highest BCUT2D eigenvalue weighted by Crippen LogP contribution is 2.28. The second kappa shape index (κ2) is 7.72. The number of imidazole rings is 1. The van der Waals surface area contributed by atoms with Crippen LogP contribution < -0.4 is 4.90 Å². The third-order valence-corrected chi connectivity index (χ3v) is 6.88. The number of thiazole rings is 1. The van der Waals surface area contributed by atoms with Crippen molar-refractivity contribution in [3.63, 3.8) is 0 Å². The zero-order valence-electron chi connectivity index (χ0n) is 17.3. The van der Waals surface area contributed by atoms with Crippen LogP contribution in [0.15, 0.2) is 73.2 Å². The Bertz CT molecular complexity index is 1380. The number of hydrogen-bond donors (Lipinski definition) is 0. The van der Waals surface area contributed by atoms with Gasteiger partial charge in [0, 0.05) is 43.6 Å². The Morgan fingerprint density at radius 3 is 2.44 bits per heavy atom. The first-order valence-corrected chi connectivity index (χ1v) is 11.4. The van der Waals surface area contributed by atoms with Gasteiger partial charge in [0.15, 0.2) is 5.13 Å². The Morgan fingerprint density at radius 2 is 1.62 bits per heavy atom. The van der Waals surface area contributed by atoms with E-state index in [1.165, 1.54) is 0 Å². The Morgan fingerprint density at radius 1 is 0.844 bits per heavy atom. The number of benzene rings is 2.